The Bertz CT molecular complexity index is 1230. The third-order valence-corrected chi connectivity index (χ3v) is 5.17. The summed E-state index contributed by atoms with van der Waals surface area (Å²) in [5, 5.41) is 20.8. The summed E-state index contributed by atoms with van der Waals surface area (Å²) in [6.07, 6.45) is 2.56. The van der Waals surface area contributed by atoms with Gasteiger partial charge in [-0.1, -0.05) is 12.1 Å². The highest BCUT2D eigenvalue weighted by Gasteiger charge is 2.21. The molecule has 0 bridgehead atoms. The Morgan fingerprint density at radius 1 is 1.16 bits per heavy atom. The molecule has 0 spiro atoms. The molecule has 2 heterocycles. The van der Waals surface area contributed by atoms with Crippen molar-refractivity contribution in [1.29, 1.82) is 0 Å². The number of hydrogen-bond acceptors (Lipinski definition) is 5. The molecule has 0 saturated carbocycles. The van der Waals surface area contributed by atoms with Crippen LogP contribution in [0.4, 0.5) is 0 Å². The molecule has 1 aromatic carbocycles. The first-order valence-corrected chi connectivity index (χ1v) is 10.0. The predicted octanol–water partition coefficient (Wildman–Crippen LogP) is 1.40. The van der Waals surface area contributed by atoms with E-state index in [9.17, 15) is 24.3 Å². The molecule has 10 nitrogen and oxygen atoms in total. The maximum atomic E-state index is 12.4. The molecular weight excluding hydrogens is 416 g/mol. The zero-order chi connectivity index (χ0) is 23.4. The van der Waals surface area contributed by atoms with E-state index in [2.05, 4.69) is 15.3 Å². The number of nitrogens with one attached hydrogen (secondary N) is 2. The molecular formula is C22H24N4O6. The Kier molecular flexibility index (Phi) is 6.72. The van der Waals surface area contributed by atoms with Crippen LogP contribution in [0.25, 0.3) is 11.0 Å². The number of nitrogens with zero attached hydrogens (tertiary/aromatic N) is 2. The van der Waals surface area contributed by atoms with Gasteiger partial charge in [-0.15, -0.1) is 0 Å². The van der Waals surface area contributed by atoms with E-state index in [4.69, 9.17) is 5.11 Å². The number of H-pyrrole nitrogens is 1. The van der Waals surface area contributed by atoms with E-state index in [0.717, 1.165) is 11.1 Å². The number of aliphatic carboxylic acids is 2. The van der Waals surface area contributed by atoms with Crippen molar-refractivity contribution in [3.05, 3.63) is 63.3 Å². The summed E-state index contributed by atoms with van der Waals surface area (Å²) in [5.41, 5.74) is 2.54. The van der Waals surface area contributed by atoms with Gasteiger partial charge in [0.25, 0.3) is 11.5 Å². The van der Waals surface area contributed by atoms with Crippen LogP contribution in [0.2, 0.25) is 0 Å². The van der Waals surface area contributed by atoms with Crippen LogP contribution in [0.5, 0.6) is 0 Å². The van der Waals surface area contributed by atoms with Crippen LogP contribution >= 0.6 is 0 Å². The number of hydrogen-bond donors (Lipinski definition) is 4. The minimum absolute atomic E-state index is 0.175. The second kappa shape index (κ2) is 9.46. The summed E-state index contributed by atoms with van der Waals surface area (Å²) in [5.74, 6) is -2.45. The molecule has 4 N–H and O–H groups in total. The lowest BCUT2D eigenvalue weighted by Gasteiger charge is -2.13. The van der Waals surface area contributed by atoms with Crippen LogP contribution in [0.3, 0.4) is 0 Å². The van der Waals surface area contributed by atoms with E-state index in [0.29, 0.717) is 29.7 Å². The van der Waals surface area contributed by atoms with Gasteiger partial charge in [0.15, 0.2) is 0 Å². The number of amides is 1. The monoisotopic (exact) mass is 440 g/mol. The first-order valence-electron chi connectivity index (χ1n) is 10.0. The Hall–Kier alpha value is -3.95. The molecule has 0 radical (unpaired) electrons. The van der Waals surface area contributed by atoms with Gasteiger partial charge in [-0.05, 0) is 49.4 Å². The Balaban J connectivity index is 1.67. The molecule has 2 aromatic heterocycles. The van der Waals surface area contributed by atoms with Crippen LogP contribution < -0.4 is 10.9 Å². The average molecular weight is 440 g/mol. The van der Waals surface area contributed by atoms with Gasteiger partial charge in [0.2, 0.25) is 0 Å². The molecule has 0 fully saturated rings. The first-order chi connectivity index (χ1) is 15.2. The van der Waals surface area contributed by atoms with Crippen LogP contribution in [0.1, 0.15) is 40.2 Å². The minimum atomic E-state index is -1.29. The summed E-state index contributed by atoms with van der Waals surface area (Å²) in [6, 6.07) is 5.42. The molecule has 1 atom stereocenters. The fraction of sp³-hybridized carbons (Fsp3) is 0.318. The van der Waals surface area contributed by atoms with Gasteiger partial charge in [0.05, 0.1) is 5.39 Å². The fourth-order valence-corrected chi connectivity index (χ4v) is 3.53. The second-order valence-corrected chi connectivity index (χ2v) is 7.61. The number of rotatable bonds is 9. The molecule has 32 heavy (non-hydrogen) atoms. The number of benzene rings is 1. The number of aryl methyl sites for hydroxylation is 4. The molecule has 0 unspecified atom stereocenters. The number of aromatic nitrogens is 3. The normalized spacial score (nSPS) is 11.9. The van der Waals surface area contributed by atoms with E-state index in [1.165, 1.54) is 0 Å². The molecule has 10 heteroatoms. The molecule has 0 aliphatic rings. The van der Waals surface area contributed by atoms with Crippen molar-refractivity contribution < 1.29 is 24.6 Å². The Morgan fingerprint density at radius 3 is 2.47 bits per heavy atom. The summed E-state index contributed by atoms with van der Waals surface area (Å²) in [7, 11) is 1.84. The first kappa shape index (κ1) is 22.7. The lowest BCUT2D eigenvalue weighted by Crippen LogP contribution is -2.41. The number of carbonyl (C=O) groups is 3. The van der Waals surface area contributed by atoms with Gasteiger partial charge in [-0.25, -0.2) is 9.78 Å². The van der Waals surface area contributed by atoms with Crippen LogP contribution in [0, 0.1) is 6.92 Å². The maximum absolute atomic E-state index is 12.4. The molecule has 0 saturated heterocycles. The Labute approximate surface area is 182 Å². The molecule has 3 rings (SSSR count). The summed E-state index contributed by atoms with van der Waals surface area (Å²) < 4.78 is 1.82. The van der Waals surface area contributed by atoms with Crippen LogP contribution in [0.15, 0.2) is 35.3 Å². The van der Waals surface area contributed by atoms with Crippen molar-refractivity contribution in [2.75, 3.05) is 0 Å². The molecule has 0 aliphatic carbocycles. The lowest BCUT2D eigenvalue weighted by atomic mass is 10.0. The van der Waals surface area contributed by atoms with E-state index >= 15 is 0 Å². The van der Waals surface area contributed by atoms with E-state index < -0.39 is 23.9 Å². The van der Waals surface area contributed by atoms with Gasteiger partial charge >= 0.3 is 11.9 Å². The van der Waals surface area contributed by atoms with Crippen molar-refractivity contribution in [1.82, 2.24) is 19.9 Å². The molecule has 1 amide bonds. The van der Waals surface area contributed by atoms with Crippen molar-refractivity contribution in [3.63, 3.8) is 0 Å². The van der Waals surface area contributed by atoms with Crippen molar-refractivity contribution in [2.45, 2.75) is 38.6 Å². The molecule has 168 valence electrons. The second-order valence-electron chi connectivity index (χ2n) is 7.61. The fourth-order valence-electron chi connectivity index (χ4n) is 3.53. The van der Waals surface area contributed by atoms with Crippen molar-refractivity contribution in [3.8, 4) is 0 Å². The van der Waals surface area contributed by atoms with Gasteiger partial charge in [0, 0.05) is 25.2 Å². The highest BCUT2D eigenvalue weighted by Crippen LogP contribution is 2.18. The highest BCUT2D eigenvalue weighted by molar-refractivity contribution is 5.96. The third kappa shape index (κ3) is 5.20. The van der Waals surface area contributed by atoms with Gasteiger partial charge in [-0.3, -0.25) is 14.4 Å². The van der Waals surface area contributed by atoms with Gasteiger partial charge in [0.1, 0.15) is 17.5 Å². The molecule has 0 aliphatic heterocycles. The summed E-state index contributed by atoms with van der Waals surface area (Å²) >= 11 is 0. The number of carboxylic acid groups (broad SMARTS) is 2. The van der Waals surface area contributed by atoms with E-state index in [1.807, 2.05) is 17.8 Å². The smallest absolute Gasteiger partial charge is 0.326 e. The SMILES string of the molecule is Cc1nc2c(c(CCc3ccc(C(=O)N[C@@H](CCC(=O)O)C(=O)O)cc3)cn2C)c(=O)[nH]1. The largest absolute Gasteiger partial charge is 0.481 e. The number of carboxylic acids is 2. The minimum Gasteiger partial charge on any atom is -0.481 e. The van der Waals surface area contributed by atoms with E-state index in [1.54, 1.807) is 31.2 Å². The topological polar surface area (TPSA) is 154 Å². The van der Waals surface area contributed by atoms with Crippen LogP contribution in [-0.2, 0) is 29.5 Å². The number of aromatic amines is 1. The zero-order valence-electron chi connectivity index (χ0n) is 17.7. The number of fused-ring (bicyclic) bond motifs is 1. The third-order valence-electron chi connectivity index (χ3n) is 5.17. The summed E-state index contributed by atoms with van der Waals surface area (Å²) in [6.45, 7) is 1.73. The average Bonchev–Trinajstić information content (AvgIpc) is 3.05. The maximum Gasteiger partial charge on any atom is 0.326 e. The van der Waals surface area contributed by atoms with Gasteiger partial charge < -0.3 is 25.1 Å². The van der Waals surface area contributed by atoms with Crippen molar-refractivity contribution in [2.24, 2.45) is 7.05 Å². The summed E-state index contributed by atoms with van der Waals surface area (Å²) in [4.78, 5) is 53.7. The lowest BCUT2D eigenvalue weighted by molar-refractivity contribution is -0.140. The molecule has 3 aromatic rings. The van der Waals surface area contributed by atoms with Crippen molar-refractivity contribution >= 4 is 28.9 Å². The predicted molar refractivity (Wildman–Crippen MR) is 116 cm³/mol. The number of carbonyl (C=O) groups excluding carboxylic acids is 1. The highest BCUT2D eigenvalue weighted by atomic mass is 16.4. The van der Waals surface area contributed by atoms with Crippen LogP contribution in [-0.4, -0.2) is 48.6 Å². The van der Waals surface area contributed by atoms with Gasteiger partial charge in [-0.2, -0.15) is 0 Å². The standard InChI is InChI=1S/C22H24N4O6/c1-12-23-19-18(21(30)24-12)15(11-26(19)2)8-5-13-3-6-14(7-4-13)20(29)25-16(22(31)32)9-10-17(27)28/h3-4,6-7,11,16H,5,8-10H2,1-2H3,(H,25,29)(H,27,28)(H,31,32)(H,23,24,30)/t16-/m0/s1. The Morgan fingerprint density at radius 2 is 1.84 bits per heavy atom. The van der Waals surface area contributed by atoms with E-state index in [-0.39, 0.29) is 24.0 Å². The zero-order valence-corrected chi connectivity index (χ0v) is 17.7. The quantitative estimate of drug-likeness (QED) is 0.392.